The van der Waals surface area contributed by atoms with Gasteiger partial charge in [0, 0.05) is 69.6 Å². The highest BCUT2D eigenvalue weighted by atomic mass is 35.5. The lowest BCUT2D eigenvalue weighted by molar-refractivity contribution is -0.192. The fraction of sp³-hybridized carbons (Fsp3) is 0.385. The van der Waals surface area contributed by atoms with Gasteiger partial charge in [-0.25, -0.2) is 22.0 Å². The number of benzene rings is 3. The van der Waals surface area contributed by atoms with E-state index in [2.05, 4.69) is 30.7 Å². The molecule has 5 aromatic rings. The summed E-state index contributed by atoms with van der Waals surface area (Å²) in [4.78, 5) is 21.9. The largest absolute Gasteiger partial charge is 0.493 e. The highest BCUT2D eigenvalue weighted by Gasteiger charge is 2.38. The first-order valence-electron chi connectivity index (χ1n) is 18.0. The number of halogens is 5. The molecule has 2 aliphatic rings. The van der Waals surface area contributed by atoms with Crippen LogP contribution in [0.3, 0.4) is 0 Å². The maximum atomic E-state index is 13.3. The van der Waals surface area contributed by atoms with Gasteiger partial charge in [-0.2, -0.15) is 13.2 Å². The van der Waals surface area contributed by atoms with E-state index in [0.717, 1.165) is 27.4 Å². The van der Waals surface area contributed by atoms with Crippen molar-refractivity contribution in [1.29, 1.82) is 0 Å². The summed E-state index contributed by atoms with van der Waals surface area (Å²) >= 11 is 12.1. The summed E-state index contributed by atoms with van der Waals surface area (Å²) in [5.74, 6) is -0.358. The van der Waals surface area contributed by atoms with Crippen molar-refractivity contribution in [1.82, 2.24) is 18.8 Å². The summed E-state index contributed by atoms with van der Waals surface area (Å²) in [7, 11) is -0.794. The van der Waals surface area contributed by atoms with Gasteiger partial charge < -0.3 is 39.0 Å². The van der Waals surface area contributed by atoms with Gasteiger partial charge in [0.25, 0.3) is 10.0 Å². The van der Waals surface area contributed by atoms with E-state index in [-0.39, 0.29) is 27.5 Å². The van der Waals surface area contributed by atoms with Crippen LogP contribution in [0.15, 0.2) is 59.8 Å². The Labute approximate surface area is 347 Å². The number of rotatable bonds is 4. The number of carboxylic acids is 1. The first-order chi connectivity index (χ1) is 27.5. The van der Waals surface area contributed by atoms with E-state index in [1.165, 1.54) is 40.4 Å². The number of hydrogen-bond donors (Lipinski definition) is 3. The molecular weight excluding hydrogens is 844 g/mol. The zero-order valence-electron chi connectivity index (χ0n) is 33.0. The number of aromatic nitrogens is 2. The molecule has 0 spiro atoms. The maximum absolute atomic E-state index is 13.3. The lowest BCUT2D eigenvalue weighted by atomic mass is 10.00. The first-order valence-corrected chi connectivity index (χ1v) is 20.2. The van der Waals surface area contributed by atoms with Gasteiger partial charge in [-0.05, 0) is 65.0 Å². The molecule has 20 heteroatoms. The summed E-state index contributed by atoms with van der Waals surface area (Å²) < 4.78 is 84.5. The zero-order chi connectivity index (χ0) is 43.8. The summed E-state index contributed by atoms with van der Waals surface area (Å²) in [6, 6.07) is 11.4. The van der Waals surface area contributed by atoms with Gasteiger partial charge in [-0.1, -0.05) is 23.2 Å². The molecule has 0 aliphatic carbocycles. The highest BCUT2D eigenvalue weighted by molar-refractivity contribution is 7.90. The number of carbonyl (C=O) groups is 2. The number of nitrogens with zero attached hydrogens (tertiary/aromatic N) is 3. The van der Waals surface area contributed by atoms with Crippen LogP contribution in [0.25, 0.3) is 21.8 Å². The predicted molar refractivity (Wildman–Crippen MR) is 215 cm³/mol. The Morgan fingerprint density at radius 2 is 1.42 bits per heavy atom. The van der Waals surface area contributed by atoms with Crippen molar-refractivity contribution >= 4 is 67.1 Å². The minimum Gasteiger partial charge on any atom is -0.493 e. The third-order valence-electron chi connectivity index (χ3n) is 9.65. The van der Waals surface area contributed by atoms with E-state index < -0.39 is 28.3 Å². The quantitative estimate of drug-likeness (QED) is 0.158. The smallest absolute Gasteiger partial charge is 0.490 e. The van der Waals surface area contributed by atoms with Crippen molar-refractivity contribution in [2.24, 2.45) is 0 Å². The Hall–Kier alpha value is -5.04. The highest BCUT2D eigenvalue weighted by Crippen LogP contribution is 2.46. The van der Waals surface area contributed by atoms with E-state index in [9.17, 15) is 31.5 Å². The first kappa shape index (κ1) is 45.1. The lowest BCUT2D eigenvalue weighted by Crippen LogP contribution is -2.33. The van der Waals surface area contributed by atoms with Crippen molar-refractivity contribution in [3.8, 4) is 23.0 Å². The van der Waals surface area contributed by atoms with E-state index >= 15 is 0 Å². The van der Waals surface area contributed by atoms with Gasteiger partial charge >= 0.3 is 18.2 Å². The topological polar surface area (TPSA) is 171 Å². The van der Waals surface area contributed by atoms with Crippen molar-refractivity contribution in [3.05, 3.63) is 76.0 Å². The second-order valence-corrected chi connectivity index (χ2v) is 17.0. The van der Waals surface area contributed by atoms with Gasteiger partial charge in [-0.15, -0.1) is 0 Å². The van der Waals surface area contributed by atoms with Crippen molar-refractivity contribution in [3.63, 3.8) is 0 Å². The Morgan fingerprint density at radius 1 is 0.864 bits per heavy atom. The molecule has 1 amide bonds. The number of fused-ring (bicyclic) bond motifs is 6. The molecule has 3 aromatic carbocycles. The van der Waals surface area contributed by atoms with Crippen LogP contribution in [0, 0.1) is 0 Å². The van der Waals surface area contributed by atoms with E-state index in [1.807, 2.05) is 32.2 Å². The Bertz CT molecular complexity index is 2500. The number of amides is 1. The standard InChI is InChI=1S/C19H18Cl2N2O4S.C18H24N2O4.C2HF3O2/c1-11-18-13-5-7-23(28(24,25)17-4-3-12(20)9-14(17)21)15(13)10-16(26-2)19(18)27-8-6-22-11;1-11-15-12-6-7-20(18(2,3)4)13(12)10-14(23-5)16(15)24-9-8-19(11)17(21)22;3-2(4,5)1(6)7/h3-5,7,9-11,22H,6,8H2,1-2H3;6-7,10-11H,8-9H2,1-5H3,(H,21,22);(H,6,7). The number of methoxy groups -OCH3 is 2. The molecule has 0 radical (unpaired) electrons. The molecular formula is C39H43Cl2F3N4O10S. The van der Waals surface area contributed by atoms with Gasteiger partial charge in [0.1, 0.15) is 18.1 Å². The SMILES string of the molecule is COc1cc2c(ccn2C(C)(C)C)c2c1OCCN(C(=O)O)C2C.COc1cc2c(ccn2S(=O)(=O)c2ccc(Cl)cc2Cl)c2c1OCCNC2C.O=C(O)C(F)(F)F. The molecule has 0 fully saturated rings. The average molecular weight is 888 g/mol. The summed E-state index contributed by atoms with van der Waals surface area (Å²) in [5, 5.41) is 22.2. The van der Waals surface area contributed by atoms with Gasteiger partial charge in [0.15, 0.2) is 23.0 Å². The molecule has 4 heterocycles. The number of hydrogen-bond acceptors (Lipinski definition) is 9. The number of carboxylic acid groups (broad SMARTS) is 2. The molecule has 2 unspecified atom stereocenters. The summed E-state index contributed by atoms with van der Waals surface area (Å²) in [5.41, 5.74) is 3.14. The van der Waals surface area contributed by atoms with Crippen LogP contribution in [0.1, 0.15) is 57.8 Å². The van der Waals surface area contributed by atoms with Crippen molar-refractivity contribution in [2.75, 3.05) is 40.5 Å². The predicted octanol–water partition coefficient (Wildman–Crippen LogP) is 8.71. The zero-order valence-corrected chi connectivity index (χ0v) is 35.3. The Morgan fingerprint density at radius 3 is 1.98 bits per heavy atom. The fourth-order valence-corrected chi connectivity index (χ4v) is 9.01. The van der Waals surface area contributed by atoms with E-state index in [4.69, 9.17) is 52.1 Å². The minimum absolute atomic E-state index is 0.0209. The number of ether oxygens (including phenoxy) is 4. The molecule has 7 rings (SSSR count). The second-order valence-electron chi connectivity index (χ2n) is 14.4. The summed E-state index contributed by atoms with van der Waals surface area (Å²) in [6.45, 7) is 12.1. The Kier molecular flexibility index (Phi) is 13.2. The van der Waals surface area contributed by atoms with Crippen molar-refractivity contribution < 1.29 is 60.3 Å². The normalized spacial score (nSPS) is 16.8. The molecule has 2 aliphatic heterocycles. The molecule has 2 aromatic heterocycles. The minimum atomic E-state index is -5.08. The number of aliphatic carboxylic acids is 1. The molecule has 59 heavy (non-hydrogen) atoms. The van der Waals surface area contributed by atoms with Crippen LogP contribution in [-0.4, -0.2) is 90.8 Å². The van der Waals surface area contributed by atoms with Gasteiger partial charge in [0.2, 0.25) is 0 Å². The van der Waals surface area contributed by atoms with Crippen LogP contribution in [0.4, 0.5) is 18.0 Å². The van der Waals surface area contributed by atoms with Crippen LogP contribution >= 0.6 is 23.2 Å². The monoisotopic (exact) mass is 886 g/mol. The van der Waals surface area contributed by atoms with Crippen LogP contribution < -0.4 is 24.3 Å². The van der Waals surface area contributed by atoms with Crippen LogP contribution in [0.5, 0.6) is 23.0 Å². The number of nitrogens with one attached hydrogen (secondary N) is 1. The van der Waals surface area contributed by atoms with E-state index in [0.29, 0.717) is 59.8 Å². The fourth-order valence-electron chi connectivity index (χ4n) is 6.92. The van der Waals surface area contributed by atoms with Crippen LogP contribution in [0.2, 0.25) is 10.0 Å². The van der Waals surface area contributed by atoms with Crippen molar-refractivity contribution in [2.45, 2.75) is 63.3 Å². The molecule has 0 saturated heterocycles. The second kappa shape index (κ2) is 17.3. The molecule has 0 bridgehead atoms. The third kappa shape index (κ3) is 9.10. The molecule has 0 saturated carbocycles. The molecule has 3 N–H and O–H groups in total. The molecule has 14 nitrogen and oxygen atoms in total. The molecule has 320 valence electrons. The van der Waals surface area contributed by atoms with Gasteiger partial charge in [-0.3, -0.25) is 4.90 Å². The molecule has 2 atom stereocenters. The Balaban J connectivity index is 0.000000195. The average Bonchev–Trinajstić information content (AvgIpc) is 3.68. The summed E-state index contributed by atoms with van der Waals surface area (Å²) in [6.07, 6.45) is -2.47. The maximum Gasteiger partial charge on any atom is 0.490 e. The number of alkyl halides is 3. The third-order valence-corrected chi connectivity index (χ3v) is 12.1. The lowest BCUT2D eigenvalue weighted by Gasteiger charge is -2.26. The van der Waals surface area contributed by atoms with Gasteiger partial charge in [0.05, 0.1) is 42.9 Å². The van der Waals surface area contributed by atoms with E-state index in [1.54, 1.807) is 19.2 Å². The van der Waals surface area contributed by atoms with Crippen LogP contribution in [-0.2, 0) is 20.4 Å².